The van der Waals surface area contributed by atoms with Gasteiger partial charge in [-0.15, -0.1) is 0 Å². The van der Waals surface area contributed by atoms with Crippen LogP contribution in [0.15, 0.2) is 39.8 Å². The van der Waals surface area contributed by atoms with Crippen LogP contribution in [0.4, 0.5) is 5.69 Å². The highest BCUT2D eigenvalue weighted by Crippen LogP contribution is 2.28. The normalized spacial score (nSPS) is 14.6. The van der Waals surface area contributed by atoms with Crippen molar-refractivity contribution >= 4 is 22.7 Å². The molecule has 3 heterocycles. The van der Waals surface area contributed by atoms with Gasteiger partial charge in [0.2, 0.25) is 5.71 Å². The molecule has 0 aliphatic carbocycles. The molecule has 35 heavy (non-hydrogen) atoms. The molecule has 0 saturated carbocycles. The van der Waals surface area contributed by atoms with Crippen molar-refractivity contribution < 1.29 is 13.9 Å². The van der Waals surface area contributed by atoms with Crippen molar-refractivity contribution in [3.05, 3.63) is 52.3 Å². The molecule has 188 valence electrons. The van der Waals surface area contributed by atoms with Gasteiger partial charge in [0, 0.05) is 39.3 Å². The number of aromatic nitrogens is 2. The van der Waals surface area contributed by atoms with E-state index in [1.807, 2.05) is 32.0 Å². The molecule has 0 spiro atoms. The number of furan rings is 1. The Balaban J connectivity index is 1.30. The number of para-hydroxylation sites is 2. The summed E-state index contributed by atoms with van der Waals surface area (Å²) in [6.45, 7) is 11.5. The Kier molecular flexibility index (Phi) is 7.75. The van der Waals surface area contributed by atoms with E-state index in [1.54, 1.807) is 18.6 Å². The lowest BCUT2D eigenvalue weighted by atomic mass is 10.1. The van der Waals surface area contributed by atoms with E-state index in [1.165, 1.54) is 6.33 Å². The first-order chi connectivity index (χ1) is 16.9. The van der Waals surface area contributed by atoms with Gasteiger partial charge in [-0.2, -0.15) is 0 Å². The van der Waals surface area contributed by atoms with Crippen LogP contribution in [-0.4, -0.2) is 66.7 Å². The Bertz CT molecular complexity index is 1220. The van der Waals surface area contributed by atoms with Crippen molar-refractivity contribution in [3.8, 4) is 5.75 Å². The number of anilines is 1. The Labute approximate surface area is 205 Å². The van der Waals surface area contributed by atoms with E-state index >= 15 is 0 Å². The lowest BCUT2D eigenvalue weighted by molar-refractivity contribution is 0.0951. The van der Waals surface area contributed by atoms with Gasteiger partial charge in [-0.25, -0.2) is 4.98 Å². The van der Waals surface area contributed by atoms with Gasteiger partial charge in [0.05, 0.1) is 18.4 Å². The maximum absolute atomic E-state index is 13.0. The van der Waals surface area contributed by atoms with Crippen molar-refractivity contribution in [2.24, 2.45) is 5.92 Å². The number of piperazine rings is 1. The van der Waals surface area contributed by atoms with Gasteiger partial charge >= 0.3 is 0 Å². The maximum atomic E-state index is 13.0. The molecule has 3 aromatic rings. The molecular weight excluding hydrogens is 446 g/mol. The highest BCUT2D eigenvalue weighted by Gasteiger charge is 2.23. The van der Waals surface area contributed by atoms with E-state index in [0.717, 1.165) is 50.6 Å². The highest BCUT2D eigenvalue weighted by molar-refractivity contribution is 6.06. The van der Waals surface area contributed by atoms with Gasteiger partial charge in [0.1, 0.15) is 23.2 Å². The van der Waals surface area contributed by atoms with Crippen molar-refractivity contribution in [1.29, 1.82) is 0 Å². The number of nitrogens with one attached hydrogen (secondary N) is 1. The first kappa shape index (κ1) is 24.8. The van der Waals surface area contributed by atoms with E-state index < -0.39 is 0 Å². The fourth-order valence-electron chi connectivity index (χ4n) is 4.63. The second kappa shape index (κ2) is 10.9. The largest absolute Gasteiger partial charge is 0.495 e. The van der Waals surface area contributed by atoms with Crippen molar-refractivity contribution in [2.45, 2.75) is 33.7 Å². The van der Waals surface area contributed by atoms with Crippen LogP contribution in [0.2, 0.25) is 0 Å². The zero-order valence-electron chi connectivity index (χ0n) is 21.0. The predicted octanol–water partition coefficient (Wildman–Crippen LogP) is 2.90. The Morgan fingerprint density at radius 2 is 1.94 bits per heavy atom. The monoisotopic (exact) mass is 481 g/mol. The summed E-state index contributed by atoms with van der Waals surface area (Å²) < 4.78 is 12.7. The summed E-state index contributed by atoms with van der Waals surface area (Å²) >= 11 is 0. The number of ether oxygens (including phenoxy) is 1. The van der Waals surface area contributed by atoms with E-state index in [0.29, 0.717) is 24.4 Å². The molecule has 0 unspecified atom stereocenters. The minimum absolute atomic E-state index is 0.213. The number of carbonyl (C=O) groups is 1. The molecule has 9 heteroatoms. The van der Waals surface area contributed by atoms with Crippen LogP contribution in [0.25, 0.3) is 11.1 Å². The smallest absolute Gasteiger partial charge is 0.265 e. The van der Waals surface area contributed by atoms with Crippen LogP contribution >= 0.6 is 0 Å². The van der Waals surface area contributed by atoms with Crippen LogP contribution < -0.4 is 20.5 Å². The van der Waals surface area contributed by atoms with E-state index in [-0.39, 0.29) is 28.5 Å². The number of benzene rings is 1. The van der Waals surface area contributed by atoms with Gasteiger partial charge in [0.15, 0.2) is 0 Å². The predicted molar refractivity (Wildman–Crippen MR) is 136 cm³/mol. The number of methoxy groups -OCH3 is 1. The Hall–Kier alpha value is -3.33. The zero-order valence-corrected chi connectivity index (χ0v) is 21.0. The lowest BCUT2D eigenvalue weighted by Gasteiger charge is -2.36. The number of amides is 1. The molecule has 2 aromatic heterocycles. The second-order valence-corrected chi connectivity index (χ2v) is 9.42. The van der Waals surface area contributed by atoms with Gasteiger partial charge in [-0.05, 0) is 37.9 Å². The van der Waals surface area contributed by atoms with Crippen LogP contribution in [0.1, 0.15) is 36.4 Å². The van der Waals surface area contributed by atoms with Crippen molar-refractivity contribution in [3.63, 3.8) is 0 Å². The molecule has 1 aliphatic heterocycles. The first-order valence-electron chi connectivity index (χ1n) is 12.3. The first-order valence-corrected chi connectivity index (χ1v) is 12.3. The molecule has 1 N–H and O–H groups in total. The summed E-state index contributed by atoms with van der Waals surface area (Å²) in [7, 11) is 1.70. The maximum Gasteiger partial charge on any atom is 0.265 e. The second-order valence-electron chi connectivity index (χ2n) is 9.42. The zero-order chi connectivity index (χ0) is 24.9. The van der Waals surface area contributed by atoms with E-state index in [4.69, 9.17) is 9.15 Å². The van der Waals surface area contributed by atoms with Gasteiger partial charge in [-0.1, -0.05) is 26.0 Å². The van der Waals surface area contributed by atoms with Crippen LogP contribution in [0.3, 0.4) is 0 Å². The summed E-state index contributed by atoms with van der Waals surface area (Å²) in [5, 5.41) is 3.23. The number of carbonyl (C=O) groups excluding carboxylic acids is 1. The fraction of sp³-hybridized carbons (Fsp3) is 0.500. The molecule has 0 radical (unpaired) electrons. The minimum atomic E-state index is -0.288. The molecule has 1 amide bonds. The number of hydrogen-bond donors (Lipinski definition) is 1. The molecule has 0 atom stereocenters. The van der Waals surface area contributed by atoms with Crippen molar-refractivity contribution in [2.75, 3.05) is 51.3 Å². The van der Waals surface area contributed by atoms with Crippen molar-refractivity contribution in [1.82, 2.24) is 19.8 Å². The molecule has 4 rings (SSSR count). The minimum Gasteiger partial charge on any atom is -0.495 e. The number of hydrogen-bond acceptors (Lipinski definition) is 7. The summed E-state index contributed by atoms with van der Waals surface area (Å²) in [6.07, 6.45) is 2.31. The fourth-order valence-corrected chi connectivity index (χ4v) is 4.63. The average Bonchev–Trinajstić information content (AvgIpc) is 3.20. The molecule has 1 aliphatic rings. The van der Waals surface area contributed by atoms with E-state index in [2.05, 4.69) is 26.2 Å². The van der Waals surface area contributed by atoms with E-state index in [9.17, 15) is 9.59 Å². The van der Waals surface area contributed by atoms with Crippen LogP contribution in [0.5, 0.6) is 5.75 Å². The summed E-state index contributed by atoms with van der Waals surface area (Å²) in [5.74, 6) is 1.31. The van der Waals surface area contributed by atoms with Crippen LogP contribution in [0, 0.1) is 12.8 Å². The summed E-state index contributed by atoms with van der Waals surface area (Å²) in [5.41, 5.74) is 1.40. The molecule has 1 fully saturated rings. The summed E-state index contributed by atoms with van der Waals surface area (Å²) in [4.78, 5) is 34.9. The standard InChI is InChI=1S/C26H35N5O4/c1-18(2)16-31-17-28-25-23(26(31)33)22(19(3)35-25)24(32)27-10-7-11-29-12-14-30(15-13-29)20-8-5-6-9-21(20)34-4/h5-6,8-9,17-18H,7,10-16H2,1-4H3,(H,27,32). The van der Waals surface area contributed by atoms with Gasteiger partial charge in [-0.3, -0.25) is 19.1 Å². The Morgan fingerprint density at radius 3 is 2.66 bits per heavy atom. The molecule has 1 saturated heterocycles. The highest BCUT2D eigenvalue weighted by atomic mass is 16.5. The SMILES string of the molecule is COc1ccccc1N1CCN(CCCNC(=O)c2c(C)oc3ncn(CC(C)C)c(=O)c23)CC1. The molecule has 1 aromatic carbocycles. The third-order valence-electron chi connectivity index (χ3n) is 6.38. The number of fused-ring (bicyclic) bond motifs is 1. The number of nitrogens with zero attached hydrogens (tertiary/aromatic N) is 4. The quantitative estimate of drug-likeness (QED) is 0.470. The number of rotatable bonds is 9. The summed E-state index contributed by atoms with van der Waals surface area (Å²) in [6, 6.07) is 8.11. The third kappa shape index (κ3) is 5.51. The van der Waals surface area contributed by atoms with Gasteiger partial charge < -0.3 is 19.4 Å². The molecule has 0 bridgehead atoms. The Morgan fingerprint density at radius 1 is 1.20 bits per heavy atom. The lowest BCUT2D eigenvalue weighted by Crippen LogP contribution is -2.47. The van der Waals surface area contributed by atoms with Gasteiger partial charge in [0.25, 0.3) is 11.5 Å². The third-order valence-corrected chi connectivity index (χ3v) is 6.38. The molecular formula is C26H35N5O4. The topological polar surface area (TPSA) is 92.8 Å². The van der Waals surface area contributed by atoms with Crippen LogP contribution in [-0.2, 0) is 6.54 Å². The molecule has 9 nitrogen and oxygen atoms in total. The average molecular weight is 482 g/mol. The number of aryl methyl sites for hydroxylation is 1.